The Hall–Kier alpha value is -0.990. The van der Waals surface area contributed by atoms with Gasteiger partial charge in [-0.05, 0) is 0 Å². The van der Waals surface area contributed by atoms with Gasteiger partial charge in [0.05, 0.1) is 6.04 Å². The third kappa shape index (κ3) is 0.487. The zero-order valence-corrected chi connectivity index (χ0v) is 4.87. The lowest BCUT2D eigenvalue weighted by Gasteiger charge is -2.32. The monoisotopic (exact) mass is 125 g/mol. The van der Waals surface area contributed by atoms with Crippen molar-refractivity contribution in [3.8, 4) is 0 Å². The average Bonchev–Trinajstić information content (AvgIpc) is 2.08. The summed E-state index contributed by atoms with van der Waals surface area (Å²) in [6, 6.07) is 0.289. The number of β-lactam (4-membered cyclic amide) rings is 1. The van der Waals surface area contributed by atoms with Gasteiger partial charge in [-0.3, -0.25) is 4.79 Å². The van der Waals surface area contributed by atoms with Gasteiger partial charge in [-0.25, -0.2) is 0 Å². The molecule has 0 spiro atoms. The van der Waals surface area contributed by atoms with E-state index in [2.05, 4.69) is 0 Å². The van der Waals surface area contributed by atoms with Crippen LogP contribution in [0.3, 0.4) is 0 Å². The molecule has 0 aromatic heterocycles. The molecular formula is C6H7NO2. The number of hydrogen-bond acceptors (Lipinski definition) is 2. The Balaban J connectivity index is 2.21. The van der Waals surface area contributed by atoms with Gasteiger partial charge in [0.1, 0.15) is 5.76 Å². The molecule has 2 heterocycles. The van der Waals surface area contributed by atoms with E-state index >= 15 is 0 Å². The molecule has 1 amide bonds. The van der Waals surface area contributed by atoms with Crippen molar-refractivity contribution in [2.75, 3.05) is 0 Å². The van der Waals surface area contributed by atoms with Crippen LogP contribution in [0, 0.1) is 0 Å². The molecule has 0 unspecified atom stereocenters. The van der Waals surface area contributed by atoms with E-state index in [9.17, 15) is 4.79 Å². The zero-order chi connectivity index (χ0) is 6.43. The normalized spacial score (nSPS) is 31.6. The van der Waals surface area contributed by atoms with Crippen LogP contribution in [0.5, 0.6) is 0 Å². The molecule has 0 aromatic rings. The molecule has 48 valence electrons. The maximum atomic E-state index is 10.6. The molecule has 2 aliphatic rings. The smallest absolute Gasteiger partial charge is 0.229 e. The van der Waals surface area contributed by atoms with Crippen molar-refractivity contribution in [3.63, 3.8) is 0 Å². The number of nitrogens with zero attached hydrogens (tertiary/aromatic N) is 1. The van der Waals surface area contributed by atoms with Crippen molar-refractivity contribution in [1.82, 2.24) is 4.90 Å². The van der Waals surface area contributed by atoms with Crippen LogP contribution in [-0.2, 0) is 4.79 Å². The molecule has 0 radical (unpaired) electrons. The molecular weight excluding hydrogens is 118 g/mol. The Labute approximate surface area is 52.6 Å². The number of aliphatic hydroxyl groups excluding tert-OH is 1. The predicted molar refractivity (Wildman–Crippen MR) is 30.6 cm³/mol. The zero-order valence-electron chi connectivity index (χ0n) is 4.87. The van der Waals surface area contributed by atoms with Crippen molar-refractivity contribution in [1.29, 1.82) is 0 Å². The van der Waals surface area contributed by atoms with Gasteiger partial charge < -0.3 is 10.0 Å². The van der Waals surface area contributed by atoms with Crippen LogP contribution < -0.4 is 0 Å². The standard InChI is InChI=1S/C6H7NO2/c8-5-1-4-2-6(9)7(4)3-5/h3-4,8H,1-2H2/t4-/m1/s1. The van der Waals surface area contributed by atoms with Crippen LogP contribution in [0.2, 0.25) is 0 Å². The third-order valence-corrected chi connectivity index (χ3v) is 1.82. The third-order valence-electron chi connectivity index (χ3n) is 1.82. The molecule has 1 atom stereocenters. The van der Waals surface area contributed by atoms with Gasteiger partial charge in [-0.15, -0.1) is 0 Å². The van der Waals surface area contributed by atoms with E-state index in [1.165, 1.54) is 6.20 Å². The summed E-state index contributed by atoms with van der Waals surface area (Å²) in [7, 11) is 0. The first-order chi connectivity index (χ1) is 4.27. The highest BCUT2D eigenvalue weighted by atomic mass is 16.3. The van der Waals surface area contributed by atoms with Gasteiger partial charge >= 0.3 is 0 Å². The summed E-state index contributed by atoms with van der Waals surface area (Å²) in [5, 5.41) is 8.90. The molecule has 1 N–H and O–H groups in total. The Morgan fingerprint density at radius 1 is 1.67 bits per heavy atom. The second-order valence-electron chi connectivity index (χ2n) is 2.48. The number of aliphatic hydroxyl groups is 1. The number of hydrogen-bond donors (Lipinski definition) is 1. The topological polar surface area (TPSA) is 40.5 Å². The van der Waals surface area contributed by atoms with E-state index < -0.39 is 0 Å². The fourth-order valence-electron chi connectivity index (χ4n) is 1.30. The van der Waals surface area contributed by atoms with E-state index in [0.717, 1.165) is 0 Å². The van der Waals surface area contributed by atoms with E-state index in [-0.39, 0.29) is 11.9 Å². The van der Waals surface area contributed by atoms with Gasteiger partial charge in [-0.2, -0.15) is 0 Å². The Kier molecular flexibility index (Phi) is 0.695. The fraction of sp³-hybridized carbons (Fsp3) is 0.500. The van der Waals surface area contributed by atoms with Gasteiger partial charge in [0, 0.05) is 19.0 Å². The number of fused-ring (bicyclic) bond motifs is 1. The van der Waals surface area contributed by atoms with E-state index in [0.29, 0.717) is 18.6 Å². The highest BCUT2D eigenvalue weighted by molar-refractivity contribution is 5.85. The van der Waals surface area contributed by atoms with Crippen LogP contribution in [-0.4, -0.2) is 22.0 Å². The fourth-order valence-corrected chi connectivity index (χ4v) is 1.30. The molecule has 0 aliphatic carbocycles. The molecule has 2 aliphatic heterocycles. The summed E-state index contributed by atoms with van der Waals surface area (Å²) < 4.78 is 0. The second kappa shape index (κ2) is 1.29. The van der Waals surface area contributed by atoms with E-state index in [4.69, 9.17) is 5.11 Å². The van der Waals surface area contributed by atoms with E-state index in [1.807, 2.05) is 0 Å². The minimum Gasteiger partial charge on any atom is -0.511 e. The average molecular weight is 125 g/mol. The van der Waals surface area contributed by atoms with Crippen molar-refractivity contribution in [2.45, 2.75) is 18.9 Å². The van der Waals surface area contributed by atoms with Gasteiger partial charge in [0.2, 0.25) is 5.91 Å². The quantitative estimate of drug-likeness (QED) is 0.476. The molecule has 3 nitrogen and oxygen atoms in total. The van der Waals surface area contributed by atoms with Gasteiger partial charge in [0.15, 0.2) is 0 Å². The molecule has 0 saturated carbocycles. The maximum Gasteiger partial charge on any atom is 0.229 e. The largest absolute Gasteiger partial charge is 0.511 e. The van der Waals surface area contributed by atoms with Crippen LogP contribution in [0.25, 0.3) is 0 Å². The molecule has 2 rings (SSSR count). The first-order valence-corrected chi connectivity index (χ1v) is 2.98. The Bertz CT molecular complexity index is 197. The molecule has 3 heteroatoms. The Morgan fingerprint density at radius 2 is 2.44 bits per heavy atom. The first-order valence-electron chi connectivity index (χ1n) is 2.98. The van der Waals surface area contributed by atoms with Crippen LogP contribution in [0.4, 0.5) is 0 Å². The molecule has 0 aromatic carbocycles. The van der Waals surface area contributed by atoms with Crippen molar-refractivity contribution >= 4 is 5.91 Å². The molecule has 1 saturated heterocycles. The minimum atomic E-state index is 0.129. The van der Waals surface area contributed by atoms with Crippen molar-refractivity contribution in [2.24, 2.45) is 0 Å². The van der Waals surface area contributed by atoms with Gasteiger partial charge in [-0.1, -0.05) is 0 Å². The molecule has 9 heavy (non-hydrogen) atoms. The molecule has 0 bridgehead atoms. The first kappa shape index (κ1) is 4.85. The second-order valence-corrected chi connectivity index (χ2v) is 2.48. The number of rotatable bonds is 0. The summed E-state index contributed by atoms with van der Waals surface area (Å²) in [4.78, 5) is 12.2. The highest BCUT2D eigenvalue weighted by Gasteiger charge is 2.39. The number of carbonyl (C=O) groups is 1. The highest BCUT2D eigenvalue weighted by Crippen LogP contribution is 2.30. The van der Waals surface area contributed by atoms with Crippen LogP contribution in [0.15, 0.2) is 12.0 Å². The van der Waals surface area contributed by atoms with Crippen LogP contribution in [0.1, 0.15) is 12.8 Å². The number of carbonyl (C=O) groups excluding carboxylic acids is 1. The van der Waals surface area contributed by atoms with E-state index in [1.54, 1.807) is 4.90 Å². The summed E-state index contributed by atoms with van der Waals surface area (Å²) in [6.45, 7) is 0. The van der Waals surface area contributed by atoms with Gasteiger partial charge in [0.25, 0.3) is 0 Å². The minimum absolute atomic E-state index is 0.129. The summed E-state index contributed by atoms with van der Waals surface area (Å²) in [5.41, 5.74) is 0. The summed E-state index contributed by atoms with van der Waals surface area (Å²) in [6.07, 6.45) is 2.79. The Morgan fingerprint density at radius 3 is 2.89 bits per heavy atom. The van der Waals surface area contributed by atoms with Crippen molar-refractivity contribution < 1.29 is 9.90 Å². The predicted octanol–water partition coefficient (Wildman–Crippen LogP) is 0.390. The van der Waals surface area contributed by atoms with Crippen LogP contribution >= 0.6 is 0 Å². The molecule has 1 fully saturated rings. The number of amides is 1. The lowest BCUT2D eigenvalue weighted by atomic mass is 10.0. The summed E-state index contributed by atoms with van der Waals surface area (Å²) >= 11 is 0. The van der Waals surface area contributed by atoms with Crippen molar-refractivity contribution in [3.05, 3.63) is 12.0 Å². The summed E-state index contributed by atoms with van der Waals surface area (Å²) in [5.74, 6) is 0.468. The maximum absolute atomic E-state index is 10.6. The lowest BCUT2D eigenvalue weighted by molar-refractivity contribution is -0.140. The SMILES string of the molecule is O=C1C[C@H]2CC(O)=CN12. The lowest BCUT2D eigenvalue weighted by Crippen LogP contribution is -2.45.